The Morgan fingerprint density at radius 3 is 2.66 bits per heavy atom. The van der Waals surface area contributed by atoms with E-state index in [1.807, 2.05) is 13.0 Å². The Morgan fingerprint density at radius 2 is 2.00 bits per heavy atom. The van der Waals surface area contributed by atoms with Crippen molar-refractivity contribution in [2.75, 3.05) is 10.7 Å². The predicted octanol–water partition coefficient (Wildman–Crippen LogP) is 6.91. The summed E-state index contributed by atoms with van der Waals surface area (Å²) in [5, 5.41) is 0.998. The van der Waals surface area contributed by atoms with E-state index in [-0.39, 0.29) is 21.8 Å². The monoisotopic (exact) mass is 544 g/mol. The van der Waals surface area contributed by atoms with Crippen LogP contribution < -0.4 is 10.7 Å². The number of carbonyl (C=O) groups is 1. The zero-order chi connectivity index (χ0) is 25.9. The summed E-state index contributed by atoms with van der Waals surface area (Å²) < 4.78 is 54.4. The van der Waals surface area contributed by atoms with Crippen molar-refractivity contribution < 1.29 is 22.4 Å². The lowest BCUT2D eigenvalue weighted by Gasteiger charge is -2.36. The first-order chi connectivity index (χ1) is 16.4. The molecule has 0 bridgehead atoms. The fourth-order valence-corrected chi connectivity index (χ4v) is 5.34. The van der Waals surface area contributed by atoms with E-state index in [1.54, 1.807) is 24.0 Å². The van der Waals surface area contributed by atoms with Crippen LogP contribution >= 0.6 is 35.1 Å². The van der Waals surface area contributed by atoms with Gasteiger partial charge in [0.2, 0.25) is 0 Å². The molecule has 0 radical (unpaired) electrons. The highest BCUT2D eigenvalue weighted by Gasteiger charge is 2.43. The largest absolute Gasteiger partial charge is 0.433 e. The summed E-state index contributed by atoms with van der Waals surface area (Å²) in [6.07, 6.45) is -1.13. The van der Waals surface area contributed by atoms with Crippen LogP contribution in [-0.4, -0.2) is 27.8 Å². The van der Waals surface area contributed by atoms with Crippen molar-refractivity contribution in [3.05, 3.63) is 77.6 Å². The van der Waals surface area contributed by atoms with Crippen molar-refractivity contribution in [3.63, 3.8) is 0 Å². The Labute approximate surface area is 213 Å². The quantitative estimate of drug-likeness (QED) is 0.128. The lowest BCUT2D eigenvalue weighted by molar-refractivity contribution is -0.122. The average molecular weight is 545 g/mol. The molecule has 1 aromatic heterocycles. The molecule has 35 heavy (non-hydrogen) atoms. The van der Waals surface area contributed by atoms with E-state index in [9.17, 15) is 22.4 Å². The molecule has 3 rings (SSSR count). The van der Waals surface area contributed by atoms with Crippen molar-refractivity contribution in [1.29, 1.82) is 0 Å². The third-order valence-corrected chi connectivity index (χ3v) is 7.50. The Hall–Kier alpha value is -2.47. The fourth-order valence-electron chi connectivity index (χ4n) is 3.09. The molecule has 0 saturated carbocycles. The molecule has 186 valence electrons. The van der Waals surface area contributed by atoms with Gasteiger partial charge < -0.3 is 0 Å². The van der Waals surface area contributed by atoms with Gasteiger partial charge in [-0.3, -0.25) is 14.7 Å². The number of benzene rings is 1. The first-order valence-electron chi connectivity index (χ1n) is 10.2. The molecule has 0 saturated heterocycles. The maximum atomic E-state index is 14.9. The van der Waals surface area contributed by atoms with Crippen LogP contribution in [0.25, 0.3) is 0 Å². The molecule has 0 spiro atoms. The van der Waals surface area contributed by atoms with E-state index in [0.717, 1.165) is 40.2 Å². The number of carbonyl (C=O) groups excluding carboxylic acids is 1. The van der Waals surface area contributed by atoms with Crippen LogP contribution in [0.15, 0.2) is 81.6 Å². The number of halogens is 5. The molecule has 0 unspecified atom stereocenters. The summed E-state index contributed by atoms with van der Waals surface area (Å²) in [6, 6.07) is 5.82. The van der Waals surface area contributed by atoms with Gasteiger partial charge in [-0.05, 0) is 49.8 Å². The van der Waals surface area contributed by atoms with Crippen molar-refractivity contribution in [3.8, 4) is 0 Å². The molecule has 12 heteroatoms. The summed E-state index contributed by atoms with van der Waals surface area (Å²) in [5.41, 5.74) is -0.648. The maximum absolute atomic E-state index is 14.9. The summed E-state index contributed by atoms with van der Waals surface area (Å²) in [6.45, 7) is 9.31. The highest BCUT2D eigenvalue weighted by molar-refractivity contribution is 8.02. The molecule has 0 fully saturated rings. The standard InChI is InChI=1S/C23H21ClF4N4OS2/c1-13(2)6-5-9-34-22-18(7-4-8-30-22)35-19-11-17(16(25)10-15(19)24)31-14(3)32(29)20(12-21(31)33)23(26,27)28/h4,7-8,10-12H,1,3,5-6,9,29H2,2H3. The zero-order valence-electron chi connectivity index (χ0n) is 18.5. The minimum absolute atomic E-state index is 0.0598. The minimum Gasteiger partial charge on any atom is -0.269 e. The van der Waals surface area contributed by atoms with Crippen LogP contribution in [0.2, 0.25) is 5.02 Å². The van der Waals surface area contributed by atoms with Gasteiger partial charge in [0, 0.05) is 22.1 Å². The van der Waals surface area contributed by atoms with Gasteiger partial charge in [-0.15, -0.1) is 18.3 Å². The number of allylic oxidation sites excluding steroid dienone is 2. The maximum Gasteiger partial charge on any atom is 0.433 e. The van der Waals surface area contributed by atoms with Gasteiger partial charge in [0.1, 0.15) is 22.4 Å². The molecule has 2 aromatic rings. The van der Waals surface area contributed by atoms with Crippen LogP contribution in [0, 0.1) is 5.82 Å². The molecule has 0 aliphatic carbocycles. The Bertz CT molecular complexity index is 1200. The number of rotatable bonds is 8. The molecule has 1 amide bonds. The average Bonchev–Trinajstić information content (AvgIpc) is 2.76. The highest BCUT2D eigenvalue weighted by atomic mass is 35.5. The first kappa shape index (κ1) is 27.1. The topological polar surface area (TPSA) is 62.5 Å². The van der Waals surface area contributed by atoms with Crippen molar-refractivity contribution in [1.82, 2.24) is 9.99 Å². The van der Waals surface area contributed by atoms with E-state index < -0.39 is 29.4 Å². The third-order valence-electron chi connectivity index (χ3n) is 4.75. The number of nitrogens with zero attached hydrogens (tertiary/aromatic N) is 3. The second kappa shape index (κ2) is 11.1. The molecule has 1 aliphatic rings. The number of pyridine rings is 1. The number of aromatic nitrogens is 1. The van der Waals surface area contributed by atoms with Crippen molar-refractivity contribution >= 4 is 46.7 Å². The van der Waals surface area contributed by atoms with E-state index in [4.69, 9.17) is 17.4 Å². The molecule has 1 aromatic carbocycles. The summed E-state index contributed by atoms with van der Waals surface area (Å²) in [5.74, 6) is 3.70. The second-order valence-corrected chi connectivity index (χ2v) is 10.1. The van der Waals surface area contributed by atoms with E-state index >= 15 is 0 Å². The molecular formula is C23H21ClF4N4OS2. The van der Waals surface area contributed by atoms with Crippen LogP contribution in [0.5, 0.6) is 0 Å². The molecule has 0 atom stereocenters. The number of anilines is 1. The second-order valence-electron chi connectivity index (χ2n) is 7.54. The van der Waals surface area contributed by atoms with E-state index in [2.05, 4.69) is 18.1 Å². The summed E-state index contributed by atoms with van der Waals surface area (Å²) in [7, 11) is 0. The molecule has 2 heterocycles. The van der Waals surface area contributed by atoms with Crippen molar-refractivity contribution in [2.24, 2.45) is 5.84 Å². The van der Waals surface area contributed by atoms with Crippen LogP contribution in [0.4, 0.5) is 23.2 Å². The first-order valence-corrected chi connectivity index (χ1v) is 12.3. The van der Waals surface area contributed by atoms with Gasteiger partial charge in [0.25, 0.3) is 5.91 Å². The Kier molecular flexibility index (Phi) is 8.58. The number of hydrazine groups is 1. The third kappa shape index (κ3) is 6.40. The van der Waals surface area contributed by atoms with E-state index in [0.29, 0.717) is 9.80 Å². The normalized spacial score (nSPS) is 14.4. The SMILES string of the molecule is C=C(C)CCCSc1ncccc1Sc1cc(N2C(=C)N(N)C(C(F)(F)F)=CC2=O)c(F)cc1Cl. The summed E-state index contributed by atoms with van der Waals surface area (Å²) in [4.78, 5) is 18.7. The van der Waals surface area contributed by atoms with Crippen molar-refractivity contribution in [2.45, 2.75) is 40.8 Å². The summed E-state index contributed by atoms with van der Waals surface area (Å²) >= 11 is 9.01. The molecular weight excluding hydrogens is 524 g/mol. The molecule has 2 N–H and O–H groups in total. The van der Waals surface area contributed by atoms with E-state index in [1.165, 1.54) is 17.8 Å². The van der Waals surface area contributed by atoms with Gasteiger partial charge in [-0.2, -0.15) is 13.2 Å². The molecule has 1 aliphatic heterocycles. The van der Waals surface area contributed by atoms with Crippen LogP contribution in [0.1, 0.15) is 19.8 Å². The fraction of sp³-hybridized carbons (Fsp3) is 0.217. The number of amides is 1. The number of alkyl halides is 3. The zero-order valence-corrected chi connectivity index (χ0v) is 20.9. The van der Waals surface area contributed by atoms with Gasteiger partial charge in [-0.1, -0.05) is 35.5 Å². The van der Waals surface area contributed by atoms with Gasteiger partial charge in [0.15, 0.2) is 0 Å². The van der Waals surface area contributed by atoms with Gasteiger partial charge in [-0.25, -0.2) is 15.2 Å². The Balaban J connectivity index is 1.92. The Morgan fingerprint density at radius 1 is 1.29 bits per heavy atom. The number of thioether (sulfide) groups is 1. The lowest BCUT2D eigenvalue weighted by Crippen LogP contribution is -2.49. The highest BCUT2D eigenvalue weighted by Crippen LogP contribution is 2.42. The van der Waals surface area contributed by atoms with Gasteiger partial charge >= 0.3 is 6.18 Å². The molecule has 5 nitrogen and oxygen atoms in total. The van der Waals surface area contributed by atoms with Crippen LogP contribution in [0.3, 0.4) is 0 Å². The number of nitrogens with two attached hydrogens (primary N) is 1. The number of hydrogen-bond donors (Lipinski definition) is 1. The lowest BCUT2D eigenvalue weighted by atomic mass is 10.2. The van der Waals surface area contributed by atoms with Gasteiger partial charge in [0.05, 0.1) is 10.7 Å². The minimum atomic E-state index is -4.89. The van der Waals surface area contributed by atoms with Crippen LogP contribution in [-0.2, 0) is 4.79 Å². The number of hydrogen-bond acceptors (Lipinski definition) is 6. The smallest absolute Gasteiger partial charge is 0.269 e. The predicted molar refractivity (Wildman–Crippen MR) is 131 cm³/mol.